The van der Waals surface area contributed by atoms with Crippen LogP contribution in [0.25, 0.3) is 11.6 Å². The fourth-order valence-corrected chi connectivity index (χ4v) is 1.84. The maximum atomic E-state index is 12.3. The lowest BCUT2D eigenvalue weighted by atomic mass is 10.0. The van der Waals surface area contributed by atoms with Crippen molar-refractivity contribution in [2.24, 2.45) is 0 Å². The molecule has 0 radical (unpaired) electrons. The van der Waals surface area contributed by atoms with Crippen molar-refractivity contribution in [3.8, 4) is 0 Å². The lowest BCUT2D eigenvalue weighted by Crippen LogP contribution is -2.22. The normalized spacial score (nSPS) is 11.2. The zero-order valence-electron chi connectivity index (χ0n) is 11.2. The Morgan fingerprint density at radius 3 is 1.95 bits per heavy atom. The maximum absolute atomic E-state index is 12.3. The number of hydrogen-bond donors (Lipinski definition) is 0. The Balaban J connectivity index is 2.47. The minimum Gasteiger partial charge on any atom is -0.345 e. The Bertz CT molecular complexity index is 571. The van der Waals surface area contributed by atoms with Crippen LogP contribution in [0.5, 0.6) is 0 Å². The second kappa shape index (κ2) is 6.01. The molecule has 0 saturated heterocycles. The van der Waals surface area contributed by atoms with E-state index in [4.69, 9.17) is 0 Å². The van der Waals surface area contributed by atoms with Gasteiger partial charge in [0.05, 0.1) is 0 Å². The van der Waals surface area contributed by atoms with Crippen LogP contribution in [0.1, 0.15) is 11.1 Å². The SMILES string of the molecule is CN(C)C(=O)C(=Cc1ccccc1)c1ccccc1. The monoisotopic (exact) mass is 251 g/mol. The lowest BCUT2D eigenvalue weighted by molar-refractivity contribution is -0.122. The number of carbonyl (C=O) groups excluding carboxylic acids is 1. The fraction of sp³-hybridized carbons (Fsp3) is 0.118. The van der Waals surface area contributed by atoms with E-state index in [9.17, 15) is 4.79 Å². The third kappa shape index (κ3) is 3.32. The van der Waals surface area contributed by atoms with E-state index in [1.54, 1.807) is 19.0 Å². The highest BCUT2D eigenvalue weighted by Crippen LogP contribution is 2.19. The third-order valence-corrected chi connectivity index (χ3v) is 2.83. The summed E-state index contributed by atoms with van der Waals surface area (Å²) in [5.41, 5.74) is 2.67. The smallest absolute Gasteiger partial charge is 0.253 e. The van der Waals surface area contributed by atoms with Gasteiger partial charge in [-0.05, 0) is 17.2 Å². The number of carbonyl (C=O) groups is 1. The summed E-state index contributed by atoms with van der Waals surface area (Å²) in [5.74, 6) is 0.00931. The van der Waals surface area contributed by atoms with Crippen LogP contribution in [0.3, 0.4) is 0 Å². The molecule has 0 N–H and O–H groups in total. The van der Waals surface area contributed by atoms with Crippen LogP contribution in [-0.2, 0) is 4.79 Å². The fourth-order valence-electron chi connectivity index (χ4n) is 1.84. The molecule has 0 aromatic heterocycles. The number of rotatable bonds is 3. The van der Waals surface area contributed by atoms with Crippen molar-refractivity contribution in [3.05, 3.63) is 71.8 Å². The Hall–Kier alpha value is -2.35. The number of benzene rings is 2. The number of hydrogen-bond acceptors (Lipinski definition) is 1. The van der Waals surface area contributed by atoms with Crippen LogP contribution < -0.4 is 0 Å². The Morgan fingerprint density at radius 2 is 1.42 bits per heavy atom. The average molecular weight is 251 g/mol. The molecule has 2 aromatic carbocycles. The maximum Gasteiger partial charge on any atom is 0.253 e. The van der Waals surface area contributed by atoms with Crippen molar-refractivity contribution < 1.29 is 4.79 Å². The van der Waals surface area contributed by atoms with Gasteiger partial charge in [-0.15, -0.1) is 0 Å². The number of likely N-dealkylation sites (N-methyl/N-ethyl adjacent to an activating group) is 1. The van der Waals surface area contributed by atoms with Crippen molar-refractivity contribution in [1.82, 2.24) is 4.90 Å². The minimum atomic E-state index is 0.00931. The molecule has 0 aliphatic carbocycles. The molecule has 1 amide bonds. The molecular weight excluding hydrogens is 234 g/mol. The average Bonchev–Trinajstić information content (AvgIpc) is 2.46. The molecule has 0 spiro atoms. The molecule has 0 bridgehead atoms. The van der Waals surface area contributed by atoms with E-state index < -0.39 is 0 Å². The summed E-state index contributed by atoms with van der Waals surface area (Å²) in [6, 6.07) is 19.6. The standard InChI is InChI=1S/C17H17NO/c1-18(2)17(19)16(15-11-7-4-8-12-15)13-14-9-5-3-6-10-14/h3-13H,1-2H3. The van der Waals surface area contributed by atoms with Crippen molar-refractivity contribution in [1.29, 1.82) is 0 Å². The van der Waals surface area contributed by atoms with Crippen molar-refractivity contribution >= 4 is 17.6 Å². The van der Waals surface area contributed by atoms with E-state index in [-0.39, 0.29) is 5.91 Å². The molecule has 0 aliphatic heterocycles. The first-order valence-electron chi connectivity index (χ1n) is 6.22. The number of amides is 1. The first-order valence-corrected chi connectivity index (χ1v) is 6.22. The molecule has 2 heteroatoms. The zero-order chi connectivity index (χ0) is 13.7. The van der Waals surface area contributed by atoms with Gasteiger partial charge in [0, 0.05) is 19.7 Å². The topological polar surface area (TPSA) is 20.3 Å². The van der Waals surface area contributed by atoms with Gasteiger partial charge >= 0.3 is 0 Å². The predicted octanol–water partition coefficient (Wildman–Crippen LogP) is 3.32. The highest BCUT2D eigenvalue weighted by molar-refractivity contribution is 6.23. The summed E-state index contributed by atoms with van der Waals surface area (Å²) in [4.78, 5) is 13.9. The van der Waals surface area contributed by atoms with E-state index in [2.05, 4.69) is 0 Å². The van der Waals surface area contributed by atoms with E-state index >= 15 is 0 Å². The third-order valence-electron chi connectivity index (χ3n) is 2.83. The van der Waals surface area contributed by atoms with Gasteiger partial charge < -0.3 is 4.90 Å². The van der Waals surface area contributed by atoms with Gasteiger partial charge in [0.2, 0.25) is 0 Å². The number of nitrogens with zero attached hydrogens (tertiary/aromatic N) is 1. The molecule has 0 saturated carbocycles. The summed E-state index contributed by atoms with van der Waals surface area (Å²) in [6.45, 7) is 0. The van der Waals surface area contributed by atoms with Crippen LogP contribution in [0.2, 0.25) is 0 Å². The van der Waals surface area contributed by atoms with Crippen molar-refractivity contribution in [2.75, 3.05) is 14.1 Å². The Morgan fingerprint density at radius 1 is 0.895 bits per heavy atom. The second-order valence-corrected chi connectivity index (χ2v) is 4.53. The van der Waals surface area contributed by atoms with Gasteiger partial charge in [0.25, 0.3) is 5.91 Å². The molecule has 2 rings (SSSR count). The van der Waals surface area contributed by atoms with E-state index in [1.807, 2.05) is 66.7 Å². The highest BCUT2D eigenvalue weighted by Gasteiger charge is 2.13. The van der Waals surface area contributed by atoms with Crippen LogP contribution in [0.15, 0.2) is 60.7 Å². The summed E-state index contributed by atoms with van der Waals surface area (Å²) in [5, 5.41) is 0. The lowest BCUT2D eigenvalue weighted by Gasteiger charge is -2.14. The van der Waals surface area contributed by atoms with Gasteiger partial charge in [-0.1, -0.05) is 60.7 Å². The first kappa shape index (κ1) is 13.1. The van der Waals surface area contributed by atoms with Crippen molar-refractivity contribution in [3.63, 3.8) is 0 Å². The summed E-state index contributed by atoms with van der Waals surface area (Å²) in [7, 11) is 3.54. The van der Waals surface area contributed by atoms with Gasteiger partial charge in [-0.25, -0.2) is 0 Å². The predicted molar refractivity (Wildman–Crippen MR) is 79.4 cm³/mol. The molecular formula is C17H17NO. The van der Waals surface area contributed by atoms with E-state index in [0.29, 0.717) is 5.57 Å². The summed E-state index contributed by atoms with van der Waals surface area (Å²) in [6.07, 6.45) is 1.93. The molecule has 0 unspecified atom stereocenters. The van der Waals surface area contributed by atoms with Gasteiger partial charge in [0.1, 0.15) is 0 Å². The molecule has 2 aromatic rings. The first-order chi connectivity index (χ1) is 9.18. The molecule has 96 valence electrons. The Labute approximate surface area is 114 Å². The van der Waals surface area contributed by atoms with Crippen molar-refractivity contribution in [2.45, 2.75) is 0 Å². The van der Waals surface area contributed by atoms with Crippen LogP contribution in [-0.4, -0.2) is 24.9 Å². The Kier molecular flexibility index (Phi) is 4.14. The molecule has 19 heavy (non-hydrogen) atoms. The largest absolute Gasteiger partial charge is 0.345 e. The molecule has 0 heterocycles. The van der Waals surface area contributed by atoms with Gasteiger partial charge in [-0.2, -0.15) is 0 Å². The molecule has 0 atom stereocenters. The zero-order valence-corrected chi connectivity index (χ0v) is 11.2. The minimum absolute atomic E-state index is 0.00931. The quantitative estimate of drug-likeness (QED) is 0.605. The van der Waals surface area contributed by atoms with Gasteiger partial charge in [0.15, 0.2) is 0 Å². The van der Waals surface area contributed by atoms with Crippen LogP contribution >= 0.6 is 0 Å². The van der Waals surface area contributed by atoms with E-state index in [1.165, 1.54) is 0 Å². The molecule has 0 aliphatic rings. The summed E-state index contributed by atoms with van der Waals surface area (Å²) < 4.78 is 0. The molecule has 0 fully saturated rings. The van der Waals surface area contributed by atoms with Crippen LogP contribution in [0, 0.1) is 0 Å². The molecule has 2 nitrogen and oxygen atoms in total. The van der Waals surface area contributed by atoms with E-state index in [0.717, 1.165) is 11.1 Å². The highest BCUT2D eigenvalue weighted by atomic mass is 16.2. The van der Waals surface area contributed by atoms with Crippen LogP contribution in [0.4, 0.5) is 0 Å². The van der Waals surface area contributed by atoms with Gasteiger partial charge in [-0.3, -0.25) is 4.79 Å². The summed E-state index contributed by atoms with van der Waals surface area (Å²) >= 11 is 0. The second-order valence-electron chi connectivity index (χ2n) is 4.53.